The summed E-state index contributed by atoms with van der Waals surface area (Å²) in [6.07, 6.45) is 3.35. The highest BCUT2D eigenvalue weighted by atomic mass is 35.5. The van der Waals surface area contributed by atoms with Crippen molar-refractivity contribution in [2.75, 3.05) is 18.8 Å². The van der Waals surface area contributed by atoms with Crippen LogP contribution in [-0.4, -0.2) is 35.7 Å². The molecule has 112 valence electrons. The van der Waals surface area contributed by atoms with Crippen LogP contribution < -0.4 is 5.73 Å². The van der Waals surface area contributed by atoms with E-state index in [2.05, 4.69) is 19.1 Å². The van der Waals surface area contributed by atoms with Gasteiger partial charge in [0.25, 0.3) is 0 Å². The number of nitrogens with zero attached hydrogens (tertiary/aromatic N) is 1. The molecule has 0 aliphatic carbocycles. The van der Waals surface area contributed by atoms with Crippen LogP contribution in [0.3, 0.4) is 0 Å². The van der Waals surface area contributed by atoms with Gasteiger partial charge in [-0.2, -0.15) is 0 Å². The Bertz CT molecular complexity index is 442. The van der Waals surface area contributed by atoms with E-state index in [1.54, 1.807) is 11.8 Å². The Kier molecular flexibility index (Phi) is 7.41. The summed E-state index contributed by atoms with van der Waals surface area (Å²) >= 11 is 1.63. The minimum absolute atomic E-state index is 0. The number of carbonyl (C=O) groups excluding carboxylic acids is 1. The second kappa shape index (κ2) is 8.55. The monoisotopic (exact) mass is 314 g/mol. The molecule has 0 radical (unpaired) electrons. The predicted octanol–water partition coefficient (Wildman–Crippen LogP) is 2.85. The minimum atomic E-state index is 0. The van der Waals surface area contributed by atoms with Gasteiger partial charge in [-0.05, 0) is 37.8 Å². The molecule has 1 aliphatic rings. The summed E-state index contributed by atoms with van der Waals surface area (Å²) in [7, 11) is 0. The fourth-order valence-electron chi connectivity index (χ4n) is 2.51. The van der Waals surface area contributed by atoms with E-state index in [9.17, 15) is 4.79 Å². The number of benzene rings is 1. The van der Waals surface area contributed by atoms with Gasteiger partial charge in [0.1, 0.15) is 0 Å². The highest BCUT2D eigenvalue weighted by Crippen LogP contribution is 2.24. The van der Waals surface area contributed by atoms with E-state index in [0.717, 1.165) is 19.4 Å². The Morgan fingerprint density at radius 1 is 1.40 bits per heavy atom. The maximum atomic E-state index is 12.3. The third-order valence-corrected chi connectivity index (χ3v) is 4.82. The number of likely N-dealkylation sites (tertiary alicyclic amines) is 1. The number of halogens is 1. The molecule has 1 fully saturated rings. The first kappa shape index (κ1) is 17.3. The molecule has 1 unspecified atom stereocenters. The molecule has 1 saturated heterocycles. The van der Waals surface area contributed by atoms with Gasteiger partial charge in [0.2, 0.25) is 5.91 Å². The van der Waals surface area contributed by atoms with Crippen LogP contribution in [0.4, 0.5) is 0 Å². The van der Waals surface area contributed by atoms with Crippen LogP contribution in [0.25, 0.3) is 0 Å². The molecule has 2 N–H and O–H groups in total. The highest BCUT2D eigenvalue weighted by Gasteiger charge is 2.25. The number of thioether (sulfide) groups is 1. The first-order valence-electron chi connectivity index (χ1n) is 6.90. The highest BCUT2D eigenvalue weighted by molar-refractivity contribution is 8.00. The molecule has 1 heterocycles. The smallest absolute Gasteiger partial charge is 0.233 e. The van der Waals surface area contributed by atoms with Gasteiger partial charge in [-0.25, -0.2) is 0 Å². The SMILES string of the molecule is Cc1ccccc1SCC(=O)N1CCCCC1CN.Cl. The molecule has 1 aromatic rings. The summed E-state index contributed by atoms with van der Waals surface area (Å²) in [6, 6.07) is 8.44. The first-order valence-corrected chi connectivity index (χ1v) is 7.89. The quantitative estimate of drug-likeness (QED) is 0.869. The van der Waals surface area contributed by atoms with Gasteiger partial charge in [-0.15, -0.1) is 24.2 Å². The van der Waals surface area contributed by atoms with Gasteiger partial charge in [0.15, 0.2) is 0 Å². The van der Waals surface area contributed by atoms with Crippen molar-refractivity contribution in [3.05, 3.63) is 29.8 Å². The van der Waals surface area contributed by atoms with E-state index < -0.39 is 0 Å². The van der Waals surface area contributed by atoms with Crippen molar-refractivity contribution in [3.8, 4) is 0 Å². The largest absolute Gasteiger partial charge is 0.338 e. The van der Waals surface area contributed by atoms with Crippen LogP contribution in [0.5, 0.6) is 0 Å². The normalized spacial score (nSPS) is 18.5. The molecule has 0 aromatic heterocycles. The lowest BCUT2D eigenvalue weighted by molar-refractivity contribution is -0.131. The predicted molar refractivity (Wildman–Crippen MR) is 87.6 cm³/mol. The molecule has 0 bridgehead atoms. The van der Waals surface area contributed by atoms with Crippen LogP contribution >= 0.6 is 24.2 Å². The molecular weight excluding hydrogens is 292 g/mol. The van der Waals surface area contributed by atoms with Crippen LogP contribution in [0.15, 0.2) is 29.2 Å². The summed E-state index contributed by atoms with van der Waals surface area (Å²) < 4.78 is 0. The van der Waals surface area contributed by atoms with E-state index >= 15 is 0 Å². The van der Waals surface area contributed by atoms with Crippen LogP contribution in [0.2, 0.25) is 0 Å². The zero-order valence-corrected chi connectivity index (χ0v) is 13.5. The molecule has 1 aromatic carbocycles. The number of amides is 1. The third kappa shape index (κ3) is 4.40. The number of nitrogens with two attached hydrogens (primary N) is 1. The average molecular weight is 315 g/mol. The van der Waals surface area contributed by atoms with E-state index in [-0.39, 0.29) is 24.4 Å². The molecule has 1 amide bonds. The average Bonchev–Trinajstić information content (AvgIpc) is 2.46. The van der Waals surface area contributed by atoms with Gasteiger partial charge in [0, 0.05) is 24.0 Å². The van der Waals surface area contributed by atoms with Crippen molar-refractivity contribution in [2.45, 2.75) is 37.1 Å². The molecule has 1 atom stereocenters. The van der Waals surface area contributed by atoms with Crippen molar-refractivity contribution in [2.24, 2.45) is 5.73 Å². The Morgan fingerprint density at radius 2 is 2.15 bits per heavy atom. The maximum Gasteiger partial charge on any atom is 0.233 e. The molecule has 3 nitrogen and oxygen atoms in total. The van der Waals surface area contributed by atoms with Gasteiger partial charge in [-0.1, -0.05) is 18.2 Å². The van der Waals surface area contributed by atoms with Gasteiger partial charge in [0.05, 0.1) is 5.75 Å². The number of hydrogen-bond donors (Lipinski definition) is 1. The maximum absolute atomic E-state index is 12.3. The molecule has 1 aliphatic heterocycles. The lowest BCUT2D eigenvalue weighted by Gasteiger charge is -2.35. The van der Waals surface area contributed by atoms with Crippen molar-refractivity contribution < 1.29 is 4.79 Å². The summed E-state index contributed by atoms with van der Waals surface area (Å²) in [6.45, 7) is 3.53. The van der Waals surface area contributed by atoms with Crippen molar-refractivity contribution in [3.63, 3.8) is 0 Å². The fourth-order valence-corrected chi connectivity index (χ4v) is 3.43. The van der Waals surface area contributed by atoms with Crippen LogP contribution in [0, 0.1) is 6.92 Å². The van der Waals surface area contributed by atoms with Crippen molar-refractivity contribution >= 4 is 30.1 Å². The Morgan fingerprint density at radius 3 is 2.85 bits per heavy atom. The number of aryl methyl sites for hydroxylation is 1. The molecule has 0 spiro atoms. The van der Waals surface area contributed by atoms with Gasteiger partial charge >= 0.3 is 0 Å². The van der Waals surface area contributed by atoms with Gasteiger partial charge in [-0.3, -0.25) is 4.79 Å². The Labute approximate surface area is 131 Å². The van der Waals surface area contributed by atoms with Crippen molar-refractivity contribution in [1.29, 1.82) is 0 Å². The van der Waals surface area contributed by atoms with Crippen LogP contribution in [0.1, 0.15) is 24.8 Å². The minimum Gasteiger partial charge on any atom is -0.338 e. The molecule has 0 saturated carbocycles. The summed E-state index contributed by atoms with van der Waals surface area (Å²) in [5, 5.41) is 0. The fraction of sp³-hybridized carbons (Fsp3) is 0.533. The van der Waals surface area contributed by atoms with Gasteiger partial charge < -0.3 is 10.6 Å². The number of rotatable bonds is 4. The lowest BCUT2D eigenvalue weighted by Crippen LogP contribution is -2.48. The summed E-state index contributed by atoms with van der Waals surface area (Å²) in [5.41, 5.74) is 6.99. The van der Waals surface area contributed by atoms with Crippen molar-refractivity contribution in [1.82, 2.24) is 4.90 Å². The number of carbonyl (C=O) groups is 1. The number of piperidine rings is 1. The third-order valence-electron chi connectivity index (χ3n) is 3.66. The van der Waals surface area contributed by atoms with E-state index in [4.69, 9.17) is 5.73 Å². The second-order valence-corrected chi connectivity index (χ2v) is 6.04. The zero-order valence-electron chi connectivity index (χ0n) is 11.9. The molecule has 2 rings (SSSR count). The second-order valence-electron chi connectivity index (χ2n) is 5.03. The first-order chi connectivity index (χ1) is 9.22. The zero-order chi connectivity index (χ0) is 13.7. The van der Waals surface area contributed by atoms with Crippen LogP contribution in [-0.2, 0) is 4.79 Å². The topological polar surface area (TPSA) is 46.3 Å². The standard InChI is InChI=1S/C15H22N2OS.ClH/c1-12-6-2-3-8-14(12)19-11-15(18)17-9-5-4-7-13(17)10-16;/h2-3,6,8,13H,4-5,7,9-11,16H2,1H3;1H. The van der Waals surface area contributed by atoms with E-state index in [1.807, 2.05) is 17.0 Å². The summed E-state index contributed by atoms with van der Waals surface area (Å²) in [4.78, 5) is 15.5. The Balaban J connectivity index is 0.00000200. The Hall–Kier alpha value is -0.710. The van der Waals surface area contributed by atoms with E-state index in [0.29, 0.717) is 12.3 Å². The molecule has 20 heavy (non-hydrogen) atoms. The molecule has 5 heteroatoms. The number of hydrogen-bond acceptors (Lipinski definition) is 3. The summed E-state index contributed by atoms with van der Waals surface area (Å²) in [5.74, 6) is 0.741. The van der Waals surface area contributed by atoms with E-state index in [1.165, 1.54) is 16.9 Å². The molecular formula is C15H23ClN2OS. The lowest BCUT2D eigenvalue weighted by atomic mass is 10.0.